The number of nitrogens with zero attached hydrogens (tertiary/aromatic N) is 1. The molecule has 246 valence electrons. The molecule has 1 heterocycles. The van der Waals surface area contributed by atoms with E-state index in [1.54, 1.807) is 19.9 Å². The molecule has 0 saturated heterocycles. The summed E-state index contributed by atoms with van der Waals surface area (Å²) in [5.74, 6) is -0.551. The molecule has 45 heavy (non-hydrogen) atoms. The highest BCUT2D eigenvalue weighted by Crippen LogP contribution is 2.39. The number of β-amino-alcohol motifs (C(OH)–C–C–N with tert-alkyl or cyclic N) is 1. The molecule has 7 nitrogen and oxygen atoms in total. The molecule has 0 unspecified atom stereocenters. The molecule has 12 heteroatoms. The van der Waals surface area contributed by atoms with E-state index in [0.29, 0.717) is 21.4 Å². The maximum atomic E-state index is 13.9. The Balaban J connectivity index is 1.74. The zero-order chi connectivity index (χ0) is 33.4. The van der Waals surface area contributed by atoms with E-state index in [2.05, 4.69) is 17.4 Å². The molecule has 0 radical (unpaired) electrons. The molecule has 0 spiro atoms. The maximum absolute atomic E-state index is 13.9. The van der Waals surface area contributed by atoms with Crippen molar-refractivity contribution in [1.82, 2.24) is 9.62 Å². The zero-order valence-corrected chi connectivity index (χ0v) is 27.8. The van der Waals surface area contributed by atoms with E-state index < -0.39 is 38.7 Å². The second kappa shape index (κ2) is 15.5. The average molecular weight is 667 g/mol. The highest BCUT2D eigenvalue weighted by Gasteiger charge is 2.34. The van der Waals surface area contributed by atoms with Crippen LogP contribution in [-0.4, -0.2) is 62.2 Å². The normalized spacial score (nSPS) is 13.5. The van der Waals surface area contributed by atoms with Crippen LogP contribution in [0.25, 0.3) is 16.5 Å². The second-order valence-corrected chi connectivity index (χ2v) is 14.7. The Labute approximate surface area is 267 Å². The van der Waals surface area contributed by atoms with Gasteiger partial charge in [-0.1, -0.05) is 30.3 Å². The summed E-state index contributed by atoms with van der Waals surface area (Å²) < 4.78 is 74.5. The summed E-state index contributed by atoms with van der Waals surface area (Å²) >= 11 is 1.12. The number of aryl methyl sites for hydroxylation is 2. The third-order valence-corrected chi connectivity index (χ3v) is 10.3. The second-order valence-electron chi connectivity index (χ2n) is 11.5. The van der Waals surface area contributed by atoms with Gasteiger partial charge in [-0.2, -0.15) is 17.5 Å². The average Bonchev–Trinajstić information content (AvgIpc) is 3.35. The molecular weight excluding hydrogens is 626 g/mol. The van der Waals surface area contributed by atoms with Crippen molar-refractivity contribution in [2.24, 2.45) is 0 Å². The van der Waals surface area contributed by atoms with Gasteiger partial charge in [0, 0.05) is 41.5 Å². The van der Waals surface area contributed by atoms with E-state index in [-0.39, 0.29) is 30.8 Å². The molecular formula is C33H41F3N2O5S2. The largest absolute Gasteiger partial charge is 0.463 e. The molecule has 1 atom stereocenters. The number of aliphatic hydroxyl groups excluding tert-OH is 1. The lowest BCUT2D eigenvalue weighted by Crippen LogP contribution is -2.46. The SMILES string of the molecule is CCOC(=O)C=Cc1cc(C)c(-c2cc(C(F)(F)F)cc(S(=O)(=O)N(C)C[C@H](O)CNC(C)(C)CCCc3ccccc3)c2)s1. The number of thiophene rings is 1. The Morgan fingerprint density at radius 1 is 1.13 bits per heavy atom. The molecule has 0 bridgehead atoms. The number of benzene rings is 2. The lowest BCUT2D eigenvalue weighted by atomic mass is 9.95. The van der Waals surface area contributed by atoms with E-state index in [9.17, 15) is 31.5 Å². The van der Waals surface area contributed by atoms with Crippen LogP contribution in [0.2, 0.25) is 0 Å². The van der Waals surface area contributed by atoms with Crippen molar-refractivity contribution in [3.8, 4) is 10.4 Å². The highest BCUT2D eigenvalue weighted by atomic mass is 32.2. The predicted octanol–water partition coefficient (Wildman–Crippen LogP) is 6.69. The van der Waals surface area contributed by atoms with Gasteiger partial charge in [0.15, 0.2) is 0 Å². The third-order valence-electron chi connectivity index (χ3n) is 7.21. The Bertz CT molecular complexity index is 1570. The minimum absolute atomic E-state index is 0.0783. The number of nitrogens with one attached hydrogen (secondary N) is 1. The number of aliphatic hydroxyl groups is 1. The lowest BCUT2D eigenvalue weighted by molar-refractivity contribution is -0.138. The zero-order valence-electron chi connectivity index (χ0n) is 26.1. The van der Waals surface area contributed by atoms with Gasteiger partial charge in [-0.3, -0.25) is 0 Å². The lowest BCUT2D eigenvalue weighted by Gasteiger charge is -2.29. The van der Waals surface area contributed by atoms with Gasteiger partial charge < -0.3 is 15.2 Å². The number of esters is 1. The highest BCUT2D eigenvalue weighted by molar-refractivity contribution is 7.89. The van der Waals surface area contributed by atoms with Crippen molar-refractivity contribution < 1.29 is 36.2 Å². The van der Waals surface area contributed by atoms with Crippen molar-refractivity contribution in [1.29, 1.82) is 0 Å². The minimum atomic E-state index is -4.80. The van der Waals surface area contributed by atoms with Crippen molar-refractivity contribution in [3.05, 3.63) is 82.2 Å². The first-order valence-electron chi connectivity index (χ1n) is 14.6. The van der Waals surface area contributed by atoms with Crippen LogP contribution >= 0.6 is 11.3 Å². The number of hydrogen-bond acceptors (Lipinski definition) is 7. The van der Waals surface area contributed by atoms with Crippen molar-refractivity contribution in [3.63, 3.8) is 0 Å². The number of rotatable bonds is 15. The summed E-state index contributed by atoms with van der Waals surface area (Å²) in [6, 6.07) is 14.5. The van der Waals surface area contributed by atoms with Crippen LogP contribution < -0.4 is 5.32 Å². The van der Waals surface area contributed by atoms with Gasteiger partial charge in [0.05, 0.1) is 23.2 Å². The fourth-order valence-corrected chi connectivity index (χ4v) is 7.10. The van der Waals surface area contributed by atoms with Gasteiger partial charge in [0.25, 0.3) is 0 Å². The van der Waals surface area contributed by atoms with Crippen LogP contribution in [0.5, 0.6) is 0 Å². The first-order valence-corrected chi connectivity index (χ1v) is 16.9. The molecule has 0 amide bonds. The van der Waals surface area contributed by atoms with Crippen LogP contribution in [0.1, 0.15) is 55.2 Å². The number of carbonyl (C=O) groups excluding carboxylic acids is 1. The van der Waals surface area contributed by atoms with Crippen molar-refractivity contribution >= 4 is 33.4 Å². The molecule has 3 rings (SSSR count). The molecule has 0 aliphatic heterocycles. The number of carbonyl (C=O) groups is 1. The van der Waals surface area contributed by atoms with Crippen LogP contribution in [0, 0.1) is 6.92 Å². The fraction of sp³-hybridized carbons (Fsp3) is 0.424. The molecule has 2 aromatic carbocycles. The first kappa shape index (κ1) is 36.4. The number of alkyl halides is 3. The molecule has 0 aliphatic carbocycles. The van der Waals surface area contributed by atoms with Gasteiger partial charge >= 0.3 is 12.1 Å². The van der Waals surface area contributed by atoms with Gasteiger partial charge in [-0.25, -0.2) is 13.2 Å². The van der Waals surface area contributed by atoms with Crippen molar-refractivity contribution in [2.45, 2.75) is 69.7 Å². The Hall–Kier alpha value is -3.03. The van der Waals surface area contributed by atoms with E-state index in [4.69, 9.17) is 4.74 Å². The summed E-state index contributed by atoms with van der Waals surface area (Å²) in [5.41, 5.74) is 0.495. The molecule has 1 aromatic heterocycles. The van der Waals surface area contributed by atoms with E-state index >= 15 is 0 Å². The summed E-state index contributed by atoms with van der Waals surface area (Å²) in [4.78, 5) is 12.2. The van der Waals surface area contributed by atoms with Crippen LogP contribution in [0.4, 0.5) is 13.2 Å². The Morgan fingerprint density at radius 3 is 2.47 bits per heavy atom. The summed E-state index contributed by atoms with van der Waals surface area (Å²) in [7, 11) is -3.17. The number of sulfonamides is 1. The quantitative estimate of drug-likeness (QED) is 0.139. The standard InChI is InChI=1S/C33H41F3N2O5S2/c1-6-43-30(40)15-14-28-17-23(2)31(44-28)25-18-26(33(34,35)36)20-29(19-25)45(41,42)38(5)22-27(39)21-37-32(3,4)16-10-13-24-11-8-7-9-12-24/h7-9,11-12,14-15,17-20,27,37,39H,6,10,13,16,21-22H2,1-5H3/t27-/m1/s1. The minimum Gasteiger partial charge on any atom is -0.463 e. The van der Waals surface area contributed by atoms with Gasteiger partial charge in [-0.05, 0) is 94.0 Å². The molecule has 0 saturated carbocycles. The summed E-state index contributed by atoms with van der Waals surface area (Å²) in [5, 5.41) is 14.0. The topological polar surface area (TPSA) is 95.9 Å². The maximum Gasteiger partial charge on any atom is 0.416 e. The van der Waals surface area contributed by atoms with Crippen LogP contribution in [0.15, 0.2) is 65.6 Å². The number of likely N-dealkylation sites (N-methyl/N-ethyl adjacent to an activating group) is 1. The van der Waals surface area contributed by atoms with Gasteiger partial charge in [0.1, 0.15) is 0 Å². The molecule has 2 N–H and O–H groups in total. The van der Waals surface area contributed by atoms with Crippen LogP contribution in [0.3, 0.4) is 0 Å². The molecule has 0 aliphatic rings. The van der Waals surface area contributed by atoms with Gasteiger partial charge in [-0.15, -0.1) is 11.3 Å². The third kappa shape index (κ3) is 10.8. The smallest absolute Gasteiger partial charge is 0.416 e. The monoisotopic (exact) mass is 666 g/mol. The Kier molecular flexibility index (Phi) is 12.6. The number of halogens is 3. The van der Waals surface area contributed by atoms with Crippen molar-refractivity contribution in [2.75, 3.05) is 26.7 Å². The number of ether oxygens (including phenoxy) is 1. The Morgan fingerprint density at radius 2 is 1.82 bits per heavy atom. The predicted molar refractivity (Wildman–Crippen MR) is 172 cm³/mol. The van der Waals surface area contributed by atoms with E-state index in [1.807, 2.05) is 32.0 Å². The van der Waals surface area contributed by atoms with E-state index in [1.165, 1.54) is 30.8 Å². The molecule has 0 fully saturated rings. The van der Waals surface area contributed by atoms with E-state index in [0.717, 1.165) is 41.0 Å². The first-order chi connectivity index (χ1) is 21.0. The van der Waals surface area contributed by atoms with Crippen LogP contribution in [-0.2, 0) is 32.2 Å². The fourth-order valence-electron chi connectivity index (χ4n) is 4.76. The summed E-state index contributed by atoms with van der Waals surface area (Å²) in [6.07, 6.45) is -0.536. The van der Waals surface area contributed by atoms with Gasteiger partial charge in [0.2, 0.25) is 10.0 Å². The summed E-state index contributed by atoms with van der Waals surface area (Å²) in [6.45, 7) is 7.35. The molecule has 3 aromatic rings. The number of hydrogen-bond donors (Lipinski definition) is 2.